The van der Waals surface area contributed by atoms with Crippen LogP contribution in [0.4, 0.5) is 5.69 Å². The van der Waals surface area contributed by atoms with E-state index in [0.717, 1.165) is 22.4 Å². The Bertz CT molecular complexity index is 1140. The fourth-order valence-electron chi connectivity index (χ4n) is 2.77. The Balaban J connectivity index is 1.57. The van der Waals surface area contributed by atoms with E-state index >= 15 is 0 Å². The van der Waals surface area contributed by atoms with E-state index in [4.69, 9.17) is 21.7 Å². The highest BCUT2D eigenvalue weighted by Gasteiger charge is 2.08. The number of carbonyl (C=O) groups is 1. The van der Waals surface area contributed by atoms with E-state index in [1.165, 1.54) is 13.2 Å². The zero-order valence-corrected chi connectivity index (χ0v) is 18.6. The predicted molar refractivity (Wildman–Crippen MR) is 132 cm³/mol. The Kier molecular flexibility index (Phi) is 8.11. The van der Waals surface area contributed by atoms with E-state index < -0.39 is 5.97 Å². The standard InChI is InChI=1S/C25H23N3O3S/c1-18-7-6-10-21(15-18)27-25(32)28-26-17-20-11-13-22(23(16-20)30-2)31-24(29)14-12-19-8-4-3-5-9-19/h3-17H,1-2H3,(H2,27,28,32)/b14-12+,26-17+. The number of rotatable bonds is 7. The minimum atomic E-state index is -0.497. The fourth-order valence-corrected chi connectivity index (χ4v) is 2.94. The molecule has 6 nitrogen and oxygen atoms in total. The molecule has 32 heavy (non-hydrogen) atoms. The van der Waals surface area contributed by atoms with Crippen molar-refractivity contribution in [2.45, 2.75) is 6.92 Å². The van der Waals surface area contributed by atoms with Gasteiger partial charge in [-0.05, 0) is 72.2 Å². The molecule has 0 radical (unpaired) electrons. The predicted octanol–water partition coefficient (Wildman–Crippen LogP) is 4.94. The summed E-state index contributed by atoms with van der Waals surface area (Å²) in [6.07, 6.45) is 4.65. The fraction of sp³-hybridized carbons (Fsp3) is 0.0800. The second kappa shape index (κ2) is 11.4. The van der Waals surface area contributed by atoms with Crippen LogP contribution < -0.4 is 20.2 Å². The van der Waals surface area contributed by atoms with Gasteiger partial charge in [-0.2, -0.15) is 5.10 Å². The second-order valence-corrected chi connectivity index (χ2v) is 7.18. The zero-order chi connectivity index (χ0) is 22.8. The van der Waals surface area contributed by atoms with Gasteiger partial charge >= 0.3 is 5.97 Å². The van der Waals surface area contributed by atoms with Crippen molar-refractivity contribution in [1.82, 2.24) is 5.43 Å². The van der Waals surface area contributed by atoms with Crippen molar-refractivity contribution in [3.63, 3.8) is 0 Å². The lowest BCUT2D eigenvalue weighted by Gasteiger charge is -2.09. The van der Waals surface area contributed by atoms with E-state index in [0.29, 0.717) is 16.6 Å². The molecule has 0 saturated carbocycles. The summed E-state index contributed by atoms with van der Waals surface area (Å²) in [5.41, 5.74) is 6.43. The zero-order valence-electron chi connectivity index (χ0n) is 17.7. The van der Waals surface area contributed by atoms with Gasteiger partial charge < -0.3 is 14.8 Å². The maximum Gasteiger partial charge on any atom is 0.336 e. The number of hydrazone groups is 1. The normalized spacial score (nSPS) is 10.8. The Morgan fingerprint density at radius 1 is 0.969 bits per heavy atom. The van der Waals surface area contributed by atoms with Crippen LogP contribution in [0.5, 0.6) is 11.5 Å². The first-order valence-corrected chi connectivity index (χ1v) is 10.2. The van der Waals surface area contributed by atoms with Crippen molar-refractivity contribution in [3.05, 3.63) is 95.6 Å². The molecule has 0 heterocycles. The second-order valence-electron chi connectivity index (χ2n) is 6.77. The highest BCUT2D eigenvalue weighted by molar-refractivity contribution is 7.80. The molecule has 0 spiro atoms. The van der Waals surface area contributed by atoms with Crippen LogP contribution in [-0.2, 0) is 4.79 Å². The first kappa shape index (κ1) is 22.7. The summed E-state index contributed by atoms with van der Waals surface area (Å²) in [5, 5.41) is 7.57. The van der Waals surface area contributed by atoms with E-state index in [1.807, 2.05) is 61.5 Å². The topological polar surface area (TPSA) is 71.9 Å². The minimum Gasteiger partial charge on any atom is -0.493 e. The van der Waals surface area contributed by atoms with Crippen molar-refractivity contribution < 1.29 is 14.3 Å². The Morgan fingerprint density at radius 3 is 2.53 bits per heavy atom. The van der Waals surface area contributed by atoms with Crippen LogP contribution in [0, 0.1) is 6.92 Å². The Morgan fingerprint density at radius 2 is 1.78 bits per heavy atom. The summed E-state index contributed by atoms with van der Waals surface area (Å²) >= 11 is 5.25. The number of nitrogens with zero attached hydrogens (tertiary/aromatic N) is 1. The van der Waals surface area contributed by atoms with E-state index in [-0.39, 0.29) is 0 Å². The van der Waals surface area contributed by atoms with Gasteiger partial charge in [-0.25, -0.2) is 4.79 Å². The van der Waals surface area contributed by atoms with Gasteiger partial charge in [0, 0.05) is 11.8 Å². The summed E-state index contributed by atoms with van der Waals surface area (Å²) in [6, 6.07) is 22.5. The number of hydrogen-bond donors (Lipinski definition) is 2. The number of hydrogen-bond acceptors (Lipinski definition) is 5. The average Bonchev–Trinajstić information content (AvgIpc) is 2.79. The van der Waals surface area contributed by atoms with Crippen LogP contribution in [0.15, 0.2) is 84.0 Å². The van der Waals surface area contributed by atoms with Crippen LogP contribution in [0.2, 0.25) is 0 Å². The van der Waals surface area contributed by atoms with Crippen LogP contribution in [0.25, 0.3) is 6.08 Å². The number of methoxy groups -OCH3 is 1. The Labute approximate surface area is 192 Å². The molecule has 0 aliphatic carbocycles. The van der Waals surface area contributed by atoms with Gasteiger partial charge in [-0.3, -0.25) is 5.43 Å². The number of ether oxygens (including phenoxy) is 2. The molecule has 0 atom stereocenters. The molecule has 0 aromatic heterocycles. The molecule has 3 aromatic rings. The largest absolute Gasteiger partial charge is 0.493 e. The van der Waals surface area contributed by atoms with E-state index in [9.17, 15) is 4.79 Å². The smallest absolute Gasteiger partial charge is 0.336 e. The van der Waals surface area contributed by atoms with Crippen LogP contribution in [0.3, 0.4) is 0 Å². The van der Waals surface area contributed by atoms with Gasteiger partial charge in [-0.1, -0.05) is 42.5 Å². The molecule has 2 N–H and O–H groups in total. The highest BCUT2D eigenvalue weighted by Crippen LogP contribution is 2.27. The quantitative estimate of drug-likeness (QED) is 0.134. The molecule has 162 valence electrons. The molecule has 0 aliphatic rings. The van der Waals surface area contributed by atoms with E-state index in [2.05, 4.69) is 15.8 Å². The van der Waals surface area contributed by atoms with Gasteiger partial charge in [-0.15, -0.1) is 0 Å². The molecule has 0 fully saturated rings. The maximum atomic E-state index is 12.1. The lowest BCUT2D eigenvalue weighted by Crippen LogP contribution is -2.23. The number of esters is 1. The molecule has 0 aliphatic heterocycles. The van der Waals surface area contributed by atoms with Gasteiger partial charge in [0.15, 0.2) is 16.6 Å². The Hall–Kier alpha value is -3.97. The molecule has 0 saturated heterocycles. The molecule has 0 unspecified atom stereocenters. The number of nitrogens with one attached hydrogen (secondary N) is 2. The van der Waals surface area contributed by atoms with Gasteiger partial charge in [0.25, 0.3) is 0 Å². The number of anilines is 1. The molecule has 0 amide bonds. The van der Waals surface area contributed by atoms with Crippen molar-refractivity contribution in [2.75, 3.05) is 12.4 Å². The molecule has 0 bridgehead atoms. The van der Waals surface area contributed by atoms with Crippen LogP contribution in [0.1, 0.15) is 16.7 Å². The molecule has 3 rings (SSSR count). The third kappa shape index (κ3) is 7.07. The van der Waals surface area contributed by atoms with Crippen LogP contribution >= 0.6 is 12.2 Å². The molecule has 3 aromatic carbocycles. The summed E-state index contributed by atoms with van der Waals surface area (Å²) in [7, 11) is 1.51. The van der Waals surface area contributed by atoms with Crippen molar-refractivity contribution in [1.29, 1.82) is 0 Å². The third-order valence-electron chi connectivity index (χ3n) is 4.27. The summed E-state index contributed by atoms with van der Waals surface area (Å²) < 4.78 is 10.7. The number of thiocarbonyl (C=S) groups is 1. The van der Waals surface area contributed by atoms with Crippen molar-refractivity contribution in [2.24, 2.45) is 5.10 Å². The summed E-state index contributed by atoms with van der Waals surface area (Å²) in [6.45, 7) is 2.01. The van der Waals surface area contributed by atoms with Crippen LogP contribution in [-0.4, -0.2) is 24.4 Å². The number of carbonyl (C=O) groups excluding carboxylic acids is 1. The van der Waals surface area contributed by atoms with Gasteiger partial charge in [0.1, 0.15) is 0 Å². The highest BCUT2D eigenvalue weighted by atomic mass is 32.1. The van der Waals surface area contributed by atoms with Gasteiger partial charge in [0.05, 0.1) is 13.3 Å². The lowest BCUT2D eigenvalue weighted by molar-refractivity contribution is -0.129. The third-order valence-corrected chi connectivity index (χ3v) is 4.46. The number of aryl methyl sites for hydroxylation is 1. The molecule has 7 heteroatoms. The van der Waals surface area contributed by atoms with Crippen molar-refractivity contribution >= 4 is 41.3 Å². The van der Waals surface area contributed by atoms with Crippen molar-refractivity contribution in [3.8, 4) is 11.5 Å². The average molecular weight is 446 g/mol. The lowest BCUT2D eigenvalue weighted by atomic mass is 10.2. The maximum absolute atomic E-state index is 12.1. The summed E-state index contributed by atoms with van der Waals surface area (Å²) in [4.78, 5) is 12.1. The number of benzene rings is 3. The first-order valence-electron chi connectivity index (χ1n) is 9.83. The van der Waals surface area contributed by atoms with Gasteiger partial charge in [0.2, 0.25) is 0 Å². The minimum absolute atomic E-state index is 0.317. The first-order chi connectivity index (χ1) is 15.5. The molecular weight excluding hydrogens is 422 g/mol. The summed E-state index contributed by atoms with van der Waals surface area (Å²) in [5.74, 6) is 0.232. The molecular formula is C25H23N3O3S. The SMILES string of the molecule is COc1cc(/C=N/NC(=S)Nc2cccc(C)c2)ccc1OC(=O)/C=C/c1ccccc1. The monoisotopic (exact) mass is 445 g/mol. The van der Waals surface area contributed by atoms with E-state index in [1.54, 1.807) is 30.5 Å².